The van der Waals surface area contributed by atoms with Crippen LogP contribution in [0.4, 0.5) is 5.69 Å². The fourth-order valence-electron chi connectivity index (χ4n) is 1.47. The van der Waals surface area contributed by atoms with Crippen LogP contribution in [0.25, 0.3) is 0 Å². The maximum atomic E-state index is 11.9. The number of carbonyl (C=O) groups excluding carboxylic acids is 2. The minimum Gasteiger partial charge on any atom is -0.366 e. The number of hydrogen-bond donors (Lipinski definition) is 3. The largest absolute Gasteiger partial charge is 0.366 e. The quantitative estimate of drug-likeness (QED) is 0.681. The molecule has 7 nitrogen and oxygen atoms in total. The topological polar surface area (TPSA) is 132 Å². The summed E-state index contributed by atoms with van der Waals surface area (Å²) in [5.74, 6) is -1.46. The molecule has 0 fully saturated rings. The van der Waals surface area contributed by atoms with Crippen LogP contribution in [0.3, 0.4) is 0 Å². The first-order chi connectivity index (χ1) is 9.60. The minimum absolute atomic E-state index is 0.0161. The summed E-state index contributed by atoms with van der Waals surface area (Å²) < 4.78 is 22.1. The predicted octanol–water partition coefficient (Wildman–Crippen LogP) is 0.139. The summed E-state index contributed by atoms with van der Waals surface area (Å²) in [5.41, 5.74) is 11.1. The van der Waals surface area contributed by atoms with E-state index in [1.807, 2.05) is 0 Å². The van der Waals surface area contributed by atoms with E-state index in [2.05, 4.69) is 5.32 Å². The first-order valence-electron chi connectivity index (χ1n) is 5.93. The van der Waals surface area contributed by atoms with Gasteiger partial charge in [-0.05, 0) is 24.6 Å². The zero-order chi connectivity index (χ0) is 16.2. The maximum Gasteiger partial charge on any atom is 0.248 e. The molecular weight excluding hydrogens is 318 g/mol. The molecule has 1 aromatic carbocycles. The van der Waals surface area contributed by atoms with Gasteiger partial charge in [0.15, 0.2) is 0 Å². The molecule has 0 aromatic heterocycles. The number of sulfone groups is 1. The average molecular weight is 334 g/mol. The molecule has 1 aromatic rings. The summed E-state index contributed by atoms with van der Waals surface area (Å²) >= 11 is 5.90. The predicted molar refractivity (Wildman–Crippen MR) is 80.9 cm³/mol. The van der Waals surface area contributed by atoms with Crippen molar-refractivity contribution >= 4 is 38.9 Å². The van der Waals surface area contributed by atoms with Gasteiger partial charge in [0, 0.05) is 11.8 Å². The van der Waals surface area contributed by atoms with E-state index in [-0.39, 0.29) is 28.4 Å². The molecule has 0 aliphatic carbocycles. The third kappa shape index (κ3) is 5.70. The SMILES string of the molecule is CS(=O)(=O)CCC(N)C(=O)Nc1cc(C(N)=O)ccc1Cl. The van der Waals surface area contributed by atoms with Crippen molar-refractivity contribution in [3.8, 4) is 0 Å². The molecule has 0 radical (unpaired) electrons. The fraction of sp³-hybridized carbons (Fsp3) is 0.333. The van der Waals surface area contributed by atoms with E-state index >= 15 is 0 Å². The van der Waals surface area contributed by atoms with Crippen LogP contribution in [0, 0.1) is 0 Å². The Kier molecular flexibility index (Phi) is 5.70. The molecule has 116 valence electrons. The zero-order valence-electron chi connectivity index (χ0n) is 11.3. The second-order valence-corrected chi connectivity index (χ2v) is 7.24. The van der Waals surface area contributed by atoms with Crippen molar-refractivity contribution in [2.75, 3.05) is 17.3 Å². The van der Waals surface area contributed by atoms with Gasteiger partial charge in [0.1, 0.15) is 9.84 Å². The molecule has 0 spiro atoms. The van der Waals surface area contributed by atoms with Crippen LogP contribution in [0.1, 0.15) is 16.8 Å². The first kappa shape index (κ1) is 17.4. The number of nitrogens with two attached hydrogens (primary N) is 2. The molecule has 1 atom stereocenters. The molecule has 0 bridgehead atoms. The number of nitrogens with one attached hydrogen (secondary N) is 1. The van der Waals surface area contributed by atoms with E-state index < -0.39 is 27.7 Å². The zero-order valence-corrected chi connectivity index (χ0v) is 12.9. The third-order valence-corrected chi connectivity index (χ3v) is 3.95. The molecule has 1 rings (SSSR count). The highest BCUT2D eigenvalue weighted by Gasteiger charge is 2.17. The van der Waals surface area contributed by atoms with Gasteiger partial charge in [0.05, 0.1) is 22.5 Å². The number of halogens is 1. The molecule has 0 saturated carbocycles. The van der Waals surface area contributed by atoms with Crippen LogP contribution in [0.15, 0.2) is 18.2 Å². The molecule has 5 N–H and O–H groups in total. The highest BCUT2D eigenvalue weighted by Crippen LogP contribution is 2.23. The van der Waals surface area contributed by atoms with Crippen molar-refractivity contribution in [3.05, 3.63) is 28.8 Å². The van der Waals surface area contributed by atoms with Crippen molar-refractivity contribution < 1.29 is 18.0 Å². The smallest absolute Gasteiger partial charge is 0.248 e. The first-order valence-corrected chi connectivity index (χ1v) is 8.37. The molecular formula is C12H16ClN3O4S. The van der Waals surface area contributed by atoms with Crippen molar-refractivity contribution in [1.29, 1.82) is 0 Å². The van der Waals surface area contributed by atoms with Crippen LogP contribution in [-0.2, 0) is 14.6 Å². The lowest BCUT2D eigenvalue weighted by Gasteiger charge is -2.13. The van der Waals surface area contributed by atoms with Gasteiger partial charge >= 0.3 is 0 Å². The molecule has 9 heteroatoms. The van der Waals surface area contributed by atoms with Crippen LogP contribution in [-0.4, -0.2) is 38.3 Å². The Balaban J connectivity index is 2.78. The lowest BCUT2D eigenvalue weighted by Crippen LogP contribution is -2.37. The van der Waals surface area contributed by atoms with Crippen LogP contribution < -0.4 is 16.8 Å². The number of hydrogen-bond acceptors (Lipinski definition) is 5. The van der Waals surface area contributed by atoms with Gasteiger partial charge in [0.2, 0.25) is 11.8 Å². The summed E-state index contributed by atoms with van der Waals surface area (Å²) in [6.45, 7) is 0. The second kappa shape index (κ2) is 6.88. The summed E-state index contributed by atoms with van der Waals surface area (Å²) in [6.07, 6.45) is 1.04. The standard InChI is InChI=1S/C12H16ClN3O4S/c1-21(19,20)5-4-9(14)12(18)16-10-6-7(11(15)17)2-3-8(10)13/h2-3,6,9H,4-5,14H2,1H3,(H2,15,17)(H,16,18). The summed E-state index contributed by atoms with van der Waals surface area (Å²) in [7, 11) is -3.20. The number of amides is 2. The van der Waals surface area contributed by atoms with Crippen molar-refractivity contribution in [2.24, 2.45) is 11.5 Å². The Hall–Kier alpha value is -1.64. The Labute approximate surface area is 127 Å². The van der Waals surface area contributed by atoms with Gasteiger partial charge in [0.25, 0.3) is 0 Å². The molecule has 0 aliphatic rings. The van der Waals surface area contributed by atoms with Gasteiger partial charge in [-0.2, -0.15) is 0 Å². The van der Waals surface area contributed by atoms with E-state index in [9.17, 15) is 18.0 Å². The fourth-order valence-corrected chi connectivity index (χ4v) is 2.32. The van der Waals surface area contributed by atoms with Crippen LogP contribution in [0.2, 0.25) is 5.02 Å². The van der Waals surface area contributed by atoms with Gasteiger partial charge in [-0.3, -0.25) is 9.59 Å². The van der Waals surface area contributed by atoms with Gasteiger partial charge in [-0.15, -0.1) is 0 Å². The Morgan fingerprint density at radius 1 is 1.38 bits per heavy atom. The minimum atomic E-state index is -3.20. The number of benzene rings is 1. The van der Waals surface area contributed by atoms with Crippen molar-refractivity contribution in [2.45, 2.75) is 12.5 Å². The van der Waals surface area contributed by atoms with Crippen LogP contribution in [0.5, 0.6) is 0 Å². The lowest BCUT2D eigenvalue weighted by atomic mass is 10.1. The second-order valence-electron chi connectivity index (χ2n) is 4.57. The van der Waals surface area contributed by atoms with Crippen LogP contribution >= 0.6 is 11.6 Å². The highest BCUT2D eigenvalue weighted by molar-refractivity contribution is 7.90. The average Bonchev–Trinajstić information content (AvgIpc) is 2.37. The third-order valence-electron chi connectivity index (χ3n) is 2.65. The maximum absolute atomic E-state index is 11.9. The summed E-state index contributed by atoms with van der Waals surface area (Å²) in [4.78, 5) is 22.9. The van der Waals surface area contributed by atoms with Gasteiger partial charge in [-0.25, -0.2) is 8.42 Å². The van der Waals surface area contributed by atoms with E-state index in [1.54, 1.807) is 0 Å². The lowest BCUT2D eigenvalue weighted by molar-refractivity contribution is -0.117. The Bertz CT molecular complexity index is 660. The van der Waals surface area contributed by atoms with E-state index in [0.29, 0.717) is 0 Å². The van der Waals surface area contributed by atoms with Gasteiger partial charge < -0.3 is 16.8 Å². The number of primary amides is 1. The van der Waals surface area contributed by atoms with E-state index in [4.69, 9.17) is 23.1 Å². The van der Waals surface area contributed by atoms with Gasteiger partial charge in [-0.1, -0.05) is 11.6 Å². The Morgan fingerprint density at radius 2 is 2.00 bits per heavy atom. The van der Waals surface area contributed by atoms with Crippen molar-refractivity contribution in [1.82, 2.24) is 0 Å². The summed E-state index contributed by atoms with van der Waals surface area (Å²) in [5, 5.41) is 2.65. The highest BCUT2D eigenvalue weighted by atomic mass is 35.5. The molecule has 0 heterocycles. The summed E-state index contributed by atoms with van der Waals surface area (Å²) in [6, 6.07) is 3.16. The molecule has 1 unspecified atom stereocenters. The Morgan fingerprint density at radius 3 is 2.52 bits per heavy atom. The van der Waals surface area contributed by atoms with Crippen molar-refractivity contribution in [3.63, 3.8) is 0 Å². The molecule has 21 heavy (non-hydrogen) atoms. The normalized spacial score (nSPS) is 12.7. The van der Waals surface area contributed by atoms with E-state index in [0.717, 1.165) is 6.26 Å². The monoisotopic (exact) mass is 333 g/mol. The number of anilines is 1. The number of rotatable bonds is 6. The number of carbonyl (C=O) groups is 2. The van der Waals surface area contributed by atoms with E-state index in [1.165, 1.54) is 18.2 Å². The molecule has 0 saturated heterocycles. The molecule has 0 aliphatic heterocycles. The molecule has 2 amide bonds.